The highest BCUT2D eigenvalue weighted by Crippen LogP contribution is 2.19. The molecule has 1 fully saturated rings. The van der Waals surface area contributed by atoms with Gasteiger partial charge in [-0.15, -0.1) is 0 Å². The predicted molar refractivity (Wildman–Crippen MR) is 92.8 cm³/mol. The van der Waals surface area contributed by atoms with Gasteiger partial charge in [-0.1, -0.05) is 0 Å². The van der Waals surface area contributed by atoms with Gasteiger partial charge in [-0.2, -0.15) is 5.10 Å². The Morgan fingerprint density at radius 3 is 2.62 bits per heavy atom. The van der Waals surface area contributed by atoms with E-state index in [1.165, 1.54) is 0 Å². The van der Waals surface area contributed by atoms with Crippen molar-refractivity contribution in [1.82, 2.24) is 19.7 Å². The normalized spacial score (nSPS) is 16.4. The zero-order valence-electron chi connectivity index (χ0n) is 14.1. The van der Waals surface area contributed by atoms with Crippen molar-refractivity contribution in [3.8, 4) is 11.3 Å². The Bertz CT molecular complexity index is 694. The molecule has 0 atom stereocenters. The molecule has 0 aromatic carbocycles. The van der Waals surface area contributed by atoms with Gasteiger partial charge in [-0.05, 0) is 50.0 Å². The van der Waals surface area contributed by atoms with Crippen LogP contribution in [-0.4, -0.2) is 53.0 Å². The smallest absolute Gasteiger partial charge is 0.266 e. The van der Waals surface area contributed by atoms with Crippen molar-refractivity contribution in [3.63, 3.8) is 0 Å². The number of pyridine rings is 1. The number of ether oxygens (including phenoxy) is 1. The molecule has 1 aliphatic heterocycles. The minimum atomic E-state index is -0.0328. The van der Waals surface area contributed by atoms with Crippen molar-refractivity contribution < 1.29 is 4.74 Å². The fourth-order valence-corrected chi connectivity index (χ4v) is 3.11. The molecule has 0 amide bonds. The summed E-state index contributed by atoms with van der Waals surface area (Å²) in [4.78, 5) is 18.6. The summed E-state index contributed by atoms with van der Waals surface area (Å²) in [5.74, 6) is 0.502. The molecule has 0 unspecified atom stereocenters. The van der Waals surface area contributed by atoms with Crippen LogP contribution >= 0.6 is 0 Å². The molecule has 24 heavy (non-hydrogen) atoms. The molecule has 0 aliphatic carbocycles. The number of piperidine rings is 1. The standard InChI is InChI=1S/C18H24N4O2/c1-24-13-12-21-10-6-15(7-11-21)14-22-18(23)3-2-17(20-22)16-4-8-19-9-5-16/h2-5,8-9,15H,6-7,10-14H2,1H3. The Morgan fingerprint density at radius 2 is 1.92 bits per heavy atom. The van der Waals surface area contributed by atoms with Crippen LogP contribution in [0.5, 0.6) is 0 Å². The zero-order valence-corrected chi connectivity index (χ0v) is 14.1. The molecule has 3 rings (SSSR count). The monoisotopic (exact) mass is 328 g/mol. The highest BCUT2D eigenvalue weighted by atomic mass is 16.5. The van der Waals surface area contributed by atoms with Crippen LogP contribution in [0.15, 0.2) is 41.5 Å². The van der Waals surface area contributed by atoms with Gasteiger partial charge >= 0.3 is 0 Å². The number of likely N-dealkylation sites (tertiary alicyclic amines) is 1. The number of nitrogens with zero attached hydrogens (tertiary/aromatic N) is 4. The summed E-state index contributed by atoms with van der Waals surface area (Å²) in [5, 5.41) is 4.55. The largest absolute Gasteiger partial charge is 0.383 e. The number of aromatic nitrogens is 3. The third-order valence-electron chi connectivity index (χ3n) is 4.59. The highest BCUT2D eigenvalue weighted by molar-refractivity contribution is 5.56. The van der Waals surface area contributed by atoms with Gasteiger partial charge < -0.3 is 9.64 Å². The molecule has 0 spiro atoms. The first-order valence-electron chi connectivity index (χ1n) is 8.46. The van der Waals surface area contributed by atoms with Gasteiger partial charge in [-0.25, -0.2) is 4.68 Å². The molecular formula is C18H24N4O2. The summed E-state index contributed by atoms with van der Waals surface area (Å²) in [6, 6.07) is 7.20. The Kier molecular flexibility index (Phi) is 5.72. The lowest BCUT2D eigenvalue weighted by molar-refractivity contribution is 0.115. The van der Waals surface area contributed by atoms with Crippen LogP contribution in [-0.2, 0) is 11.3 Å². The van der Waals surface area contributed by atoms with Crippen molar-refractivity contribution in [2.75, 3.05) is 33.4 Å². The van der Waals surface area contributed by atoms with Gasteiger partial charge in [0.25, 0.3) is 5.56 Å². The maximum atomic E-state index is 12.1. The van der Waals surface area contributed by atoms with Crippen LogP contribution < -0.4 is 5.56 Å². The van der Waals surface area contributed by atoms with Crippen LogP contribution in [0.4, 0.5) is 0 Å². The minimum absolute atomic E-state index is 0.0328. The number of rotatable bonds is 6. The topological polar surface area (TPSA) is 60.2 Å². The van der Waals surface area contributed by atoms with Gasteiger partial charge in [0, 0.05) is 44.2 Å². The van der Waals surface area contributed by atoms with Gasteiger partial charge in [0.2, 0.25) is 0 Å². The van der Waals surface area contributed by atoms with E-state index in [0.717, 1.165) is 50.3 Å². The maximum Gasteiger partial charge on any atom is 0.266 e. The van der Waals surface area contributed by atoms with Gasteiger partial charge in [-0.3, -0.25) is 9.78 Å². The van der Waals surface area contributed by atoms with E-state index in [0.29, 0.717) is 12.5 Å². The van der Waals surface area contributed by atoms with E-state index >= 15 is 0 Å². The first-order chi connectivity index (χ1) is 11.8. The van der Waals surface area contributed by atoms with E-state index in [2.05, 4.69) is 15.0 Å². The lowest BCUT2D eigenvalue weighted by atomic mass is 9.97. The molecular weight excluding hydrogens is 304 g/mol. The van der Waals surface area contributed by atoms with Crippen LogP contribution in [0.25, 0.3) is 11.3 Å². The minimum Gasteiger partial charge on any atom is -0.383 e. The van der Waals surface area contributed by atoms with Crippen LogP contribution in [0, 0.1) is 5.92 Å². The molecule has 2 aromatic heterocycles. The lowest BCUT2D eigenvalue weighted by Crippen LogP contribution is -2.38. The number of hydrogen-bond donors (Lipinski definition) is 0. The van der Waals surface area contributed by atoms with Crippen LogP contribution in [0.2, 0.25) is 0 Å². The summed E-state index contributed by atoms with van der Waals surface area (Å²) in [5.41, 5.74) is 1.76. The zero-order chi connectivity index (χ0) is 16.8. The average Bonchev–Trinajstić information content (AvgIpc) is 2.64. The molecule has 0 N–H and O–H groups in total. The summed E-state index contributed by atoms with van der Waals surface area (Å²) in [6.07, 6.45) is 5.67. The van der Waals surface area contributed by atoms with Crippen molar-refractivity contribution in [2.24, 2.45) is 5.92 Å². The molecule has 6 nitrogen and oxygen atoms in total. The quantitative estimate of drug-likeness (QED) is 0.807. The fourth-order valence-electron chi connectivity index (χ4n) is 3.11. The Morgan fingerprint density at radius 1 is 1.17 bits per heavy atom. The Hall–Kier alpha value is -2.05. The second-order valence-corrected chi connectivity index (χ2v) is 6.25. The summed E-state index contributed by atoms with van der Waals surface area (Å²) in [7, 11) is 1.74. The first kappa shape index (κ1) is 16.8. The van der Waals surface area contributed by atoms with Gasteiger partial charge in [0.1, 0.15) is 0 Å². The van der Waals surface area contributed by atoms with E-state index < -0.39 is 0 Å². The SMILES string of the molecule is COCCN1CCC(Cn2nc(-c3ccncc3)ccc2=O)CC1. The van der Waals surface area contributed by atoms with Crippen molar-refractivity contribution >= 4 is 0 Å². The third kappa shape index (κ3) is 4.27. The van der Waals surface area contributed by atoms with E-state index in [-0.39, 0.29) is 5.56 Å². The van der Waals surface area contributed by atoms with Crippen molar-refractivity contribution in [3.05, 3.63) is 47.0 Å². The molecule has 1 aliphatic rings. The number of methoxy groups -OCH3 is 1. The predicted octanol–water partition coefficient (Wildman–Crippen LogP) is 1.66. The molecule has 0 radical (unpaired) electrons. The van der Waals surface area contributed by atoms with E-state index in [9.17, 15) is 4.79 Å². The van der Waals surface area contributed by atoms with Gasteiger partial charge in [0.15, 0.2) is 0 Å². The van der Waals surface area contributed by atoms with Gasteiger partial charge in [0.05, 0.1) is 12.3 Å². The van der Waals surface area contributed by atoms with E-state index in [4.69, 9.17) is 4.74 Å². The number of hydrogen-bond acceptors (Lipinski definition) is 5. The summed E-state index contributed by atoms with van der Waals surface area (Å²) < 4.78 is 6.75. The Balaban J connectivity index is 1.64. The molecule has 0 saturated carbocycles. The van der Waals surface area contributed by atoms with Crippen LogP contribution in [0.1, 0.15) is 12.8 Å². The molecule has 2 aromatic rings. The lowest BCUT2D eigenvalue weighted by Gasteiger charge is -2.31. The molecule has 0 bridgehead atoms. The van der Waals surface area contributed by atoms with Crippen molar-refractivity contribution in [2.45, 2.75) is 19.4 Å². The second kappa shape index (κ2) is 8.17. The molecule has 3 heterocycles. The van der Waals surface area contributed by atoms with E-state index in [1.54, 1.807) is 36.3 Å². The molecule has 128 valence electrons. The molecule has 6 heteroatoms. The first-order valence-corrected chi connectivity index (χ1v) is 8.46. The highest BCUT2D eigenvalue weighted by Gasteiger charge is 2.20. The second-order valence-electron chi connectivity index (χ2n) is 6.25. The maximum absolute atomic E-state index is 12.1. The third-order valence-corrected chi connectivity index (χ3v) is 4.59. The Labute approximate surface area is 142 Å². The summed E-state index contributed by atoms with van der Waals surface area (Å²) >= 11 is 0. The van der Waals surface area contributed by atoms with Crippen LogP contribution in [0.3, 0.4) is 0 Å². The van der Waals surface area contributed by atoms with Crippen molar-refractivity contribution in [1.29, 1.82) is 0 Å². The molecule has 1 saturated heterocycles. The average molecular weight is 328 g/mol. The van der Waals surface area contributed by atoms with E-state index in [1.807, 2.05) is 12.1 Å². The fraction of sp³-hybridized carbons (Fsp3) is 0.500. The summed E-state index contributed by atoms with van der Waals surface area (Å²) in [6.45, 7) is 4.58.